The Balaban J connectivity index is 2.02. The highest BCUT2D eigenvalue weighted by Crippen LogP contribution is 2.29. The molecule has 0 unspecified atom stereocenters. The van der Waals surface area contributed by atoms with Crippen molar-refractivity contribution in [3.8, 4) is 11.5 Å². The lowest BCUT2D eigenvalue weighted by atomic mass is 10.1. The number of aromatic amines is 1. The second-order valence-corrected chi connectivity index (χ2v) is 5.53. The number of H-pyrrole nitrogens is 1. The Kier molecular flexibility index (Phi) is 4.43. The summed E-state index contributed by atoms with van der Waals surface area (Å²) in [6.07, 6.45) is 1.94. The molecule has 0 radical (unpaired) electrons. The summed E-state index contributed by atoms with van der Waals surface area (Å²) in [6.45, 7) is 1.91. The summed E-state index contributed by atoms with van der Waals surface area (Å²) in [5.74, 6) is 0.928. The van der Waals surface area contributed by atoms with E-state index in [1.54, 1.807) is 26.4 Å². The number of carboxylic acid groups (broad SMARTS) is 1. The molecule has 0 aliphatic carbocycles. The molecule has 6 nitrogen and oxygen atoms in total. The third-order valence-corrected chi connectivity index (χ3v) is 3.91. The van der Waals surface area contributed by atoms with E-state index in [9.17, 15) is 9.90 Å². The van der Waals surface area contributed by atoms with Crippen LogP contribution < -0.4 is 9.47 Å². The van der Waals surface area contributed by atoms with Gasteiger partial charge in [0, 0.05) is 0 Å². The third kappa shape index (κ3) is 3.19. The predicted molar refractivity (Wildman–Crippen MR) is 96.1 cm³/mol. The summed E-state index contributed by atoms with van der Waals surface area (Å²) in [5, 5.41) is 9.28. The molecule has 0 bridgehead atoms. The molecule has 25 heavy (non-hydrogen) atoms. The van der Waals surface area contributed by atoms with Gasteiger partial charge in [0.1, 0.15) is 11.3 Å². The molecule has 0 fully saturated rings. The fourth-order valence-electron chi connectivity index (χ4n) is 2.65. The summed E-state index contributed by atoms with van der Waals surface area (Å²) in [7, 11) is 3.18. The minimum atomic E-state index is -0.995. The maximum Gasteiger partial charge on any atom is 0.337 e. The number of para-hydroxylation sites is 1. The standard InChI is InChI=1S/C19H18N2O4/c1-11(9-12-7-8-15(24-2)16(10-12)25-3)18-20-14-6-4-5-13(19(22)23)17(14)21-18/h4-10H,1-3H3,(H,20,21)(H,22,23)/b11-9-. The van der Waals surface area contributed by atoms with Crippen LogP contribution in [0.2, 0.25) is 0 Å². The van der Waals surface area contributed by atoms with E-state index in [2.05, 4.69) is 9.97 Å². The van der Waals surface area contributed by atoms with Gasteiger partial charge in [-0.05, 0) is 48.4 Å². The summed E-state index contributed by atoms with van der Waals surface area (Å²) >= 11 is 0. The lowest BCUT2D eigenvalue weighted by Crippen LogP contribution is -1.96. The highest BCUT2D eigenvalue weighted by Gasteiger charge is 2.13. The first-order chi connectivity index (χ1) is 12.0. The molecule has 0 saturated heterocycles. The average Bonchev–Trinajstić information content (AvgIpc) is 3.05. The molecule has 1 heterocycles. The van der Waals surface area contributed by atoms with E-state index in [1.165, 1.54) is 0 Å². The normalized spacial score (nSPS) is 11.6. The van der Waals surface area contributed by atoms with Gasteiger partial charge in [0.15, 0.2) is 11.5 Å². The SMILES string of the molecule is COc1ccc(/C=C(/C)c2nc3c(C(=O)O)cccc3[nH]2)cc1OC. The number of carboxylic acids is 1. The molecule has 1 aromatic heterocycles. The number of fused-ring (bicyclic) bond motifs is 1. The number of rotatable bonds is 5. The van der Waals surface area contributed by atoms with Crippen molar-refractivity contribution in [3.05, 3.63) is 53.3 Å². The Labute approximate surface area is 144 Å². The van der Waals surface area contributed by atoms with Crippen molar-refractivity contribution in [1.29, 1.82) is 0 Å². The van der Waals surface area contributed by atoms with Gasteiger partial charge in [-0.15, -0.1) is 0 Å². The first-order valence-corrected chi connectivity index (χ1v) is 7.66. The lowest BCUT2D eigenvalue weighted by molar-refractivity contribution is 0.0699. The topological polar surface area (TPSA) is 84.4 Å². The summed E-state index contributed by atoms with van der Waals surface area (Å²) in [5.41, 5.74) is 3.12. The predicted octanol–water partition coefficient (Wildman–Crippen LogP) is 3.84. The fraction of sp³-hybridized carbons (Fsp3) is 0.158. The van der Waals surface area contributed by atoms with E-state index in [1.807, 2.05) is 37.3 Å². The van der Waals surface area contributed by atoms with E-state index in [4.69, 9.17) is 9.47 Å². The molecule has 2 aromatic carbocycles. The second-order valence-electron chi connectivity index (χ2n) is 5.53. The molecule has 6 heteroatoms. The number of hydrogen-bond donors (Lipinski definition) is 2. The van der Waals surface area contributed by atoms with Gasteiger partial charge in [-0.1, -0.05) is 12.1 Å². The monoisotopic (exact) mass is 338 g/mol. The number of ether oxygens (including phenoxy) is 2. The average molecular weight is 338 g/mol. The Morgan fingerprint density at radius 1 is 1.16 bits per heavy atom. The minimum Gasteiger partial charge on any atom is -0.493 e. The number of allylic oxidation sites excluding steroid dienone is 1. The maximum absolute atomic E-state index is 11.3. The van der Waals surface area contributed by atoms with Crippen molar-refractivity contribution >= 4 is 28.7 Å². The number of aromatic nitrogens is 2. The summed E-state index contributed by atoms with van der Waals surface area (Å²) < 4.78 is 10.5. The summed E-state index contributed by atoms with van der Waals surface area (Å²) in [6, 6.07) is 10.7. The van der Waals surface area contributed by atoms with E-state index in [-0.39, 0.29) is 5.56 Å². The first kappa shape index (κ1) is 16.6. The molecule has 0 aliphatic heterocycles. The van der Waals surface area contributed by atoms with Crippen LogP contribution in [-0.4, -0.2) is 35.3 Å². The molecular formula is C19H18N2O4. The number of benzene rings is 2. The number of carbonyl (C=O) groups is 1. The molecule has 0 aliphatic rings. The zero-order chi connectivity index (χ0) is 18.0. The Hall–Kier alpha value is -3.28. The Morgan fingerprint density at radius 3 is 2.60 bits per heavy atom. The highest BCUT2D eigenvalue weighted by molar-refractivity contribution is 6.01. The molecule has 3 rings (SSSR count). The van der Waals surface area contributed by atoms with Gasteiger partial charge in [-0.25, -0.2) is 9.78 Å². The smallest absolute Gasteiger partial charge is 0.337 e. The van der Waals surface area contributed by atoms with Crippen LogP contribution in [0.5, 0.6) is 11.5 Å². The van der Waals surface area contributed by atoms with Gasteiger partial charge in [0.05, 0.1) is 25.3 Å². The Morgan fingerprint density at radius 2 is 1.92 bits per heavy atom. The first-order valence-electron chi connectivity index (χ1n) is 7.66. The van der Waals surface area contributed by atoms with Gasteiger partial charge in [0.2, 0.25) is 0 Å². The molecule has 3 aromatic rings. The summed E-state index contributed by atoms with van der Waals surface area (Å²) in [4.78, 5) is 18.9. The van der Waals surface area contributed by atoms with Crippen LogP contribution in [0.15, 0.2) is 36.4 Å². The molecule has 2 N–H and O–H groups in total. The van der Waals surface area contributed by atoms with E-state index in [0.29, 0.717) is 28.4 Å². The number of aromatic carboxylic acids is 1. The highest BCUT2D eigenvalue weighted by atomic mass is 16.5. The van der Waals surface area contributed by atoms with Crippen LogP contribution in [0.4, 0.5) is 0 Å². The van der Waals surface area contributed by atoms with Gasteiger partial charge in [0.25, 0.3) is 0 Å². The second kappa shape index (κ2) is 6.68. The quantitative estimate of drug-likeness (QED) is 0.738. The molecule has 128 valence electrons. The largest absolute Gasteiger partial charge is 0.493 e. The lowest BCUT2D eigenvalue weighted by Gasteiger charge is -2.08. The van der Waals surface area contributed by atoms with Crippen molar-refractivity contribution in [2.24, 2.45) is 0 Å². The number of hydrogen-bond acceptors (Lipinski definition) is 4. The van der Waals surface area contributed by atoms with Crippen molar-refractivity contribution in [1.82, 2.24) is 9.97 Å². The fourth-order valence-corrected chi connectivity index (χ4v) is 2.65. The van der Waals surface area contributed by atoms with Crippen molar-refractivity contribution in [2.45, 2.75) is 6.92 Å². The van der Waals surface area contributed by atoms with Crippen LogP contribution in [0.25, 0.3) is 22.7 Å². The number of nitrogens with zero attached hydrogens (tertiary/aromatic N) is 1. The van der Waals surface area contributed by atoms with Crippen LogP contribution in [0, 0.1) is 0 Å². The zero-order valence-corrected chi connectivity index (χ0v) is 14.2. The zero-order valence-electron chi connectivity index (χ0n) is 14.2. The molecule has 0 amide bonds. The van der Waals surface area contributed by atoms with Gasteiger partial charge < -0.3 is 19.6 Å². The van der Waals surface area contributed by atoms with Gasteiger partial charge in [-0.2, -0.15) is 0 Å². The van der Waals surface area contributed by atoms with Crippen molar-refractivity contribution in [3.63, 3.8) is 0 Å². The molecule has 0 saturated carbocycles. The van der Waals surface area contributed by atoms with Crippen molar-refractivity contribution in [2.75, 3.05) is 14.2 Å². The van der Waals surface area contributed by atoms with Gasteiger partial charge in [-0.3, -0.25) is 0 Å². The van der Waals surface area contributed by atoms with Crippen LogP contribution >= 0.6 is 0 Å². The molecule has 0 spiro atoms. The van der Waals surface area contributed by atoms with E-state index in [0.717, 1.165) is 11.1 Å². The van der Waals surface area contributed by atoms with E-state index < -0.39 is 5.97 Å². The molecule has 0 atom stereocenters. The number of methoxy groups -OCH3 is 2. The van der Waals surface area contributed by atoms with E-state index >= 15 is 0 Å². The molecular weight excluding hydrogens is 320 g/mol. The third-order valence-electron chi connectivity index (χ3n) is 3.91. The van der Waals surface area contributed by atoms with Gasteiger partial charge >= 0.3 is 5.97 Å². The van der Waals surface area contributed by atoms with Crippen LogP contribution in [0.3, 0.4) is 0 Å². The van der Waals surface area contributed by atoms with Crippen molar-refractivity contribution < 1.29 is 19.4 Å². The Bertz CT molecular complexity index is 973. The van der Waals surface area contributed by atoms with Crippen LogP contribution in [0.1, 0.15) is 28.7 Å². The van der Waals surface area contributed by atoms with Crippen LogP contribution in [-0.2, 0) is 0 Å². The number of imidazole rings is 1. The minimum absolute atomic E-state index is 0.180. The number of nitrogens with one attached hydrogen (secondary N) is 1. The maximum atomic E-state index is 11.3.